The molecule has 0 heterocycles. The van der Waals surface area contributed by atoms with Crippen LogP contribution in [-0.2, 0) is 19.3 Å². The van der Waals surface area contributed by atoms with Gasteiger partial charge in [0.1, 0.15) is 0 Å². The van der Waals surface area contributed by atoms with Crippen LogP contribution in [0.3, 0.4) is 0 Å². The zero-order valence-electron chi connectivity index (χ0n) is 7.89. The van der Waals surface area contributed by atoms with Crippen molar-refractivity contribution in [2.45, 2.75) is 0 Å². The standard InChI is InChI=1S/C5H10O5S.Na.H/c1-2-3-9-4-5-10-11(6,7)8;;/h2H,1,3-5H2,(H,6,7,8);;/q;+1;-1. The molecule has 0 radical (unpaired) electrons. The minimum atomic E-state index is -4.32. The van der Waals surface area contributed by atoms with Crippen molar-refractivity contribution in [2.75, 3.05) is 19.8 Å². The maximum atomic E-state index is 9.92. The smallest absolute Gasteiger partial charge is 1.00 e. The van der Waals surface area contributed by atoms with Gasteiger partial charge in [-0.25, -0.2) is 4.18 Å². The summed E-state index contributed by atoms with van der Waals surface area (Å²) in [6, 6.07) is 0. The van der Waals surface area contributed by atoms with Crippen molar-refractivity contribution in [2.24, 2.45) is 0 Å². The van der Waals surface area contributed by atoms with E-state index in [1.165, 1.54) is 6.08 Å². The molecular formula is C5H11NaO5S. The van der Waals surface area contributed by atoms with E-state index >= 15 is 0 Å². The summed E-state index contributed by atoms with van der Waals surface area (Å²) in [4.78, 5) is 0. The van der Waals surface area contributed by atoms with Gasteiger partial charge in [0.25, 0.3) is 0 Å². The molecule has 7 heteroatoms. The van der Waals surface area contributed by atoms with E-state index in [1.54, 1.807) is 0 Å². The molecule has 0 aromatic rings. The van der Waals surface area contributed by atoms with E-state index in [0.29, 0.717) is 6.61 Å². The van der Waals surface area contributed by atoms with E-state index in [9.17, 15) is 8.42 Å². The fourth-order valence-electron chi connectivity index (χ4n) is 0.365. The maximum Gasteiger partial charge on any atom is 1.00 e. The first kappa shape index (κ1) is 15.1. The van der Waals surface area contributed by atoms with Crippen molar-refractivity contribution >= 4 is 10.4 Å². The zero-order chi connectivity index (χ0) is 8.74. The molecule has 0 rings (SSSR count). The number of ether oxygens (including phenoxy) is 1. The Morgan fingerprint density at radius 2 is 2.08 bits per heavy atom. The molecule has 0 aliphatic rings. The molecule has 0 bridgehead atoms. The molecular weight excluding hydrogens is 195 g/mol. The molecule has 0 unspecified atom stereocenters. The third-order valence-corrected chi connectivity index (χ3v) is 1.16. The van der Waals surface area contributed by atoms with Gasteiger partial charge in [0.05, 0.1) is 19.8 Å². The van der Waals surface area contributed by atoms with Gasteiger partial charge in [-0.05, 0) is 0 Å². The molecule has 0 saturated carbocycles. The van der Waals surface area contributed by atoms with Crippen LogP contribution in [-0.4, -0.2) is 32.8 Å². The summed E-state index contributed by atoms with van der Waals surface area (Å²) in [6.45, 7) is 3.62. The van der Waals surface area contributed by atoms with Crippen LogP contribution in [0.1, 0.15) is 1.43 Å². The first-order valence-electron chi connectivity index (χ1n) is 2.87. The van der Waals surface area contributed by atoms with E-state index < -0.39 is 10.4 Å². The number of rotatable bonds is 6. The van der Waals surface area contributed by atoms with Gasteiger partial charge in [0.2, 0.25) is 0 Å². The minimum absolute atomic E-state index is 0. The van der Waals surface area contributed by atoms with Crippen LogP contribution < -0.4 is 29.6 Å². The Balaban J connectivity index is -0.000000500. The quantitative estimate of drug-likeness (QED) is 0.219. The van der Waals surface area contributed by atoms with Crippen molar-refractivity contribution in [3.8, 4) is 0 Å². The van der Waals surface area contributed by atoms with Gasteiger partial charge in [-0.2, -0.15) is 8.42 Å². The molecule has 0 spiro atoms. The van der Waals surface area contributed by atoms with Crippen LogP contribution in [0.25, 0.3) is 0 Å². The van der Waals surface area contributed by atoms with E-state index in [0.717, 1.165) is 0 Å². The predicted octanol–water partition coefficient (Wildman–Crippen LogP) is -2.88. The molecule has 5 nitrogen and oxygen atoms in total. The van der Waals surface area contributed by atoms with Crippen molar-refractivity contribution in [3.05, 3.63) is 12.7 Å². The average Bonchev–Trinajstić information content (AvgIpc) is 1.85. The number of hydrogen-bond donors (Lipinski definition) is 1. The van der Waals surface area contributed by atoms with E-state index in [2.05, 4.69) is 10.8 Å². The van der Waals surface area contributed by atoms with Crippen LogP contribution in [0, 0.1) is 0 Å². The maximum absolute atomic E-state index is 9.92. The van der Waals surface area contributed by atoms with E-state index in [4.69, 9.17) is 9.29 Å². The van der Waals surface area contributed by atoms with Crippen LogP contribution in [0.2, 0.25) is 0 Å². The van der Waals surface area contributed by atoms with Crippen LogP contribution in [0.4, 0.5) is 0 Å². The minimum Gasteiger partial charge on any atom is -1.00 e. The molecule has 0 aromatic heterocycles. The Morgan fingerprint density at radius 3 is 2.50 bits per heavy atom. The van der Waals surface area contributed by atoms with Crippen LogP contribution in [0.5, 0.6) is 0 Å². The summed E-state index contributed by atoms with van der Waals surface area (Å²) in [5.41, 5.74) is 0. The topological polar surface area (TPSA) is 72.8 Å². The Morgan fingerprint density at radius 1 is 1.50 bits per heavy atom. The summed E-state index contributed by atoms with van der Waals surface area (Å²) in [6.07, 6.45) is 1.52. The van der Waals surface area contributed by atoms with Crippen LogP contribution in [0.15, 0.2) is 12.7 Å². The summed E-state index contributed by atoms with van der Waals surface area (Å²) < 4.78 is 36.6. The Hall–Kier alpha value is 0.570. The molecule has 0 atom stereocenters. The second-order valence-electron chi connectivity index (χ2n) is 1.61. The van der Waals surface area contributed by atoms with Crippen molar-refractivity contribution < 1.29 is 52.9 Å². The second kappa shape index (κ2) is 8.18. The normalized spacial score (nSPS) is 10.4. The third-order valence-electron chi connectivity index (χ3n) is 0.696. The van der Waals surface area contributed by atoms with Crippen molar-refractivity contribution in [1.82, 2.24) is 0 Å². The van der Waals surface area contributed by atoms with Gasteiger partial charge in [-0.15, -0.1) is 6.58 Å². The number of hydrogen-bond acceptors (Lipinski definition) is 4. The molecule has 0 amide bonds. The van der Waals surface area contributed by atoms with Crippen molar-refractivity contribution in [3.63, 3.8) is 0 Å². The molecule has 0 aliphatic heterocycles. The average molecular weight is 206 g/mol. The second-order valence-corrected chi connectivity index (χ2v) is 2.70. The summed E-state index contributed by atoms with van der Waals surface area (Å²) in [7, 11) is -4.32. The fourth-order valence-corrected chi connectivity index (χ4v) is 0.644. The largest absolute Gasteiger partial charge is 1.00 e. The zero-order valence-corrected chi connectivity index (χ0v) is 9.71. The monoisotopic (exact) mass is 206 g/mol. The van der Waals surface area contributed by atoms with Gasteiger partial charge < -0.3 is 6.16 Å². The predicted molar refractivity (Wildman–Crippen MR) is 39.6 cm³/mol. The van der Waals surface area contributed by atoms with Crippen LogP contribution >= 0.6 is 0 Å². The Labute approximate surface area is 95.5 Å². The summed E-state index contributed by atoms with van der Waals surface area (Å²) in [5, 5.41) is 0. The molecule has 0 aromatic carbocycles. The van der Waals surface area contributed by atoms with Gasteiger partial charge in [0, 0.05) is 0 Å². The molecule has 68 valence electrons. The summed E-state index contributed by atoms with van der Waals surface area (Å²) >= 11 is 0. The first-order chi connectivity index (χ1) is 5.06. The van der Waals surface area contributed by atoms with Gasteiger partial charge in [-0.3, -0.25) is 4.55 Å². The van der Waals surface area contributed by atoms with E-state index in [-0.39, 0.29) is 44.2 Å². The molecule has 0 saturated heterocycles. The van der Waals surface area contributed by atoms with Crippen molar-refractivity contribution in [1.29, 1.82) is 0 Å². The Bertz CT molecular complexity index is 205. The van der Waals surface area contributed by atoms with E-state index in [1.807, 2.05) is 0 Å². The molecule has 1 N–H and O–H groups in total. The van der Waals surface area contributed by atoms with Gasteiger partial charge >= 0.3 is 40.0 Å². The Kier molecular flexibility index (Phi) is 10.3. The SMILES string of the molecule is C=CCOCCOS(=O)(=O)O.[H-].[Na+]. The molecule has 0 fully saturated rings. The molecule has 0 aliphatic carbocycles. The fraction of sp³-hybridized carbons (Fsp3) is 0.600. The van der Waals surface area contributed by atoms with Gasteiger partial charge in [-0.1, -0.05) is 6.08 Å². The van der Waals surface area contributed by atoms with Gasteiger partial charge in [0.15, 0.2) is 0 Å². The first-order valence-corrected chi connectivity index (χ1v) is 4.23. The third kappa shape index (κ3) is 13.2. The summed E-state index contributed by atoms with van der Waals surface area (Å²) in [5.74, 6) is 0. The molecule has 12 heavy (non-hydrogen) atoms.